The lowest BCUT2D eigenvalue weighted by atomic mass is 10.0. The van der Waals surface area contributed by atoms with E-state index in [1.165, 1.54) is 24.1 Å². The van der Waals surface area contributed by atoms with Gasteiger partial charge in [-0.1, -0.05) is 26.0 Å². The van der Waals surface area contributed by atoms with Crippen molar-refractivity contribution in [2.24, 2.45) is 5.92 Å². The number of aromatic nitrogens is 1. The van der Waals surface area contributed by atoms with Gasteiger partial charge in [-0.25, -0.2) is 9.18 Å². The summed E-state index contributed by atoms with van der Waals surface area (Å²) in [6, 6.07) is 5.84. The van der Waals surface area contributed by atoms with Crippen molar-refractivity contribution in [1.82, 2.24) is 9.88 Å². The van der Waals surface area contributed by atoms with Crippen LogP contribution in [0.25, 0.3) is 0 Å². The topological polar surface area (TPSA) is 79.5 Å². The predicted molar refractivity (Wildman–Crippen MR) is 107 cm³/mol. The summed E-state index contributed by atoms with van der Waals surface area (Å²) in [7, 11) is 1.27. The predicted octanol–water partition coefficient (Wildman–Crippen LogP) is 3.81. The zero-order chi connectivity index (χ0) is 21.7. The number of esters is 1. The van der Waals surface area contributed by atoms with Crippen molar-refractivity contribution in [2.45, 2.75) is 40.7 Å². The fraction of sp³-hybridized carbons (Fsp3) is 0.409. The Balaban J connectivity index is 2.29. The Hall–Kier alpha value is -2.96. The SMILES string of the molecule is COC(=O)c1[nH]c(C)c(C(=O)CN(Cc2ccc(F)cc2)C(=O)CC(C)C)c1C. The van der Waals surface area contributed by atoms with Gasteiger partial charge in [-0.2, -0.15) is 0 Å². The van der Waals surface area contributed by atoms with Crippen LogP contribution < -0.4 is 0 Å². The molecular weight excluding hydrogens is 375 g/mol. The van der Waals surface area contributed by atoms with E-state index in [2.05, 4.69) is 4.98 Å². The molecule has 2 aromatic rings. The Bertz CT molecular complexity index is 900. The third-order valence-corrected chi connectivity index (χ3v) is 4.66. The van der Waals surface area contributed by atoms with E-state index >= 15 is 0 Å². The monoisotopic (exact) mass is 402 g/mol. The van der Waals surface area contributed by atoms with Crippen LogP contribution in [-0.4, -0.2) is 41.2 Å². The molecule has 0 fully saturated rings. The molecule has 1 aromatic carbocycles. The molecule has 1 heterocycles. The molecule has 0 aliphatic heterocycles. The largest absolute Gasteiger partial charge is 0.464 e. The molecule has 0 spiro atoms. The summed E-state index contributed by atoms with van der Waals surface area (Å²) < 4.78 is 17.9. The molecule has 1 amide bonds. The van der Waals surface area contributed by atoms with Crippen LogP contribution in [0.15, 0.2) is 24.3 Å². The van der Waals surface area contributed by atoms with Gasteiger partial charge in [0, 0.05) is 24.2 Å². The van der Waals surface area contributed by atoms with Gasteiger partial charge in [-0.05, 0) is 43.0 Å². The summed E-state index contributed by atoms with van der Waals surface area (Å²) in [5.74, 6) is -1.21. The van der Waals surface area contributed by atoms with Crippen molar-refractivity contribution in [3.63, 3.8) is 0 Å². The fourth-order valence-corrected chi connectivity index (χ4v) is 3.25. The van der Waals surface area contributed by atoms with Crippen LogP contribution in [0, 0.1) is 25.6 Å². The zero-order valence-electron chi connectivity index (χ0n) is 17.5. The molecule has 0 saturated carbocycles. The molecule has 29 heavy (non-hydrogen) atoms. The lowest BCUT2D eigenvalue weighted by Gasteiger charge is -2.23. The minimum absolute atomic E-state index is 0.134. The molecule has 1 N–H and O–H groups in total. The zero-order valence-corrected chi connectivity index (χ0v) is 17.5. The average molecular weight is 402 g/mol. The minimum atomic E-state index is -0.552. The standard InChI is InChI=1S/C22H27FN2O4/c1-13(2)10-19(27)25(11-16-6-8-17(23)9-7-16)12-18(26)20-14(3)21(22(28)29-5)24-15(20)4/h6-9,13,24H,10-12H2,1-5H3. The van der Waals surface area contributed by atoms with Crippen molar-refractivity contribution < 1.29 is 23.5 Å². The number of aromatic amines is 1. The maximum absolute atomic E-state index is 13.2. The van der Waals surface area contributed by atoms with Crippen LogP contribution in [0.4, 0.5) is 4.39 Å². The molecule has 0 unspecified atom stereocenters. The van der Waals surface area contributed by atoms with Gasteiger partial charge in [-0.15, -0.1) is 0 Å². The van der Waals surface area contributed by atoms with E-state index in [1.807, 2.05) is 13.8 Å². The smallest absolute Gasteiger partial charge is 0.354 e. The number of ketones is 1. The number of benzene rings is 1. The summed E-state index contributed by atoms with van der Waals surface area (Å²) in [4.78, 5) is 42.0. The van der Waals surface area contributed by atoms with E-state index in [-0.39, 0.29) is 42.2 Å². The quantitative estimate of drug-likeness (QED) is 0.538. The average Bonchev–Trinajstić information content (AvgIpc) is 2.96. The van der Waals surface area contributed by atoms with Crippen LogP contribution >= 0.6 is 0 Å². The molecule has 0 aliphatic carbocycles. The summed E-state index contributed by atoms with van der Waals surface area (Å²) in [5.41, 5.74) is 2.39. The van der Waals surface area contributed by atoms with Gasteiger partial charge in [0.25, 0.3) is 0 Å². The number of halogens is 1. The number of amides is 1. The number of nitrogens with zero attached hydrogens (tertiary/aromatic N) is 1. The van der Waals surface area contributed by atoms with E-state index in [1.54, 1.807) is 26.0 Å². The second kappa shape index (κ2) is 9.49. The molecule has 0 aliphatic rings. The molecule has 7 heteroatoms. The van der Waals surface area contributed by atoms with Crippen molar-refractivity contribution in [3.05, 3.63) is 58.2 Å². The number of rotatable bonds is 8. The lowest BCUT2D eigenvalue weighted by molar-refractivity contribution is -0.132. The summed E-state index contributed by atoms with van der Waals surface area (Å²) >= 11 is 0. The van der Waals surface area contributed by atoms with Gasteiger partial charge >= 0.3 is 5.97 Å². The maximum atomic E-state index is 13.2. The number of nitrogens with one attached hydrogen (secondary N) is 1. The van der Waals surface area contributed by atoms with Crippen LogP contribution in [0.2, 0.25) is 0 Å². The number of aryl methyl sites for hydroxylation is 1. The molecular formula is C22H27FN2O4. The molecule has 156 valence electrons. The van der Waals surface area contributed by atoms with Crippen LogP contribution in [0.3, 0.4) is 0 Å². The Kier molecular flexibility index (Phi) is 7.31. The normalized spacial score (nSPS) is 10.9. The van der Waals surface area contributed by atoms with Crippen molar-refractivity contribution in [1.29, 1.82) is 0 Å². The molecule has 0 atom stereocenters. The first-order valence-corrected chi connectivity index (χ1v) is 9.46. The van der Waals surface area contributed by atoms with E-state index in [4.69, 9.17) is 4.74 Å². The first-order chi connectivity index (χ1) is 13.6. The van der Waals surface area contributed by atoms with Gasteiger partial charge in [0.2, 0.25) is 5.91 Å². The number of Topliss-reactive ketones (excluding diaryl/α,β-unsaturated/α-hetero) is 1. The van der Waals surface area contributed by atoms with E-state index in [9.17, 15) is 18.8 Å². The van der Waals surface area contributed by atoms with Crippen molar-refractivity contribution >= 4 is 17.7 Å². The highest BCUT2D eigenvalue weighted by atomic mass is 19.1. The molecule has 1 aromatic heterocycles. The highest BCUT2D eigenvalue weighted by molar-refractivity contribution is 6.04. The van der Waals surface area contributed by atoms with Crippen LogP contribution in [-0.2, 0) is 16.1 Å². The van der Waals surface area contributed by atoms with Gasteiger partial charge < -0.3 is 14.6 Å². The summed E-state index contributed by atoms with van der Waals surface area (Å²) in [6.07, 6.45) is 0.299. The Morgan fingerprint density at radius 3 is 2.31 bits per heavy atom. The molecule has 2 rings (SSSR count). The first kappa shape index (κ1) is 22.3. The molecule has 0 bridgehead atoms. The molecule has 6 nitrogen and oxygen atoms in total. The number of methoxy groups -OCH3 is 1. The fourth-order valence-electron chi connectivity index (χ4n) is 3.25. The Labute approximate surface area is 170 Å². The number of ether oxygens (including phenoxy) is 1. The highest BCUT2D eigenvalue weighted by Crippen LogP contribution is 2.21. The number of H-pyrrole nitrogens is 1. The van der Waals surface area contributed by atoms with Gasteiger partial charge in [-0.3, -0.25) is 9.59 Å². The highest BCUT2D eigenvalue weighted by Gasteiger charge is 2.25. The number of carbonyl (C=O) groups excluding carboxylic acids is 3. The Morgan fingerprint density at radius 1 is 1.14 bits per heavy atom. The van der Waals surface area contributed by atoms with E-state index in [0.717, 1.165) is 5.56 Å². The summed E-state index contributed by atoms with van der Waals surface area (Å²) in [6.45, 7) is 7.29. The van der Waals surface area contributed by atoms with Crippen molar-refractivity contribution in [3.8, 4) is 0 Å². The lowest BCUT2D eigenvalue weighted by Crippen LogP contribution is -2.36. The minimum Gasteiger partial charge on any atom is -0.464 e. The van der Waals surface area contributed by atoms with Crippen molar-refractivity contribution in [2.75, 3.05) is 13.7 Å². The third-order valence-electron chi connectivity index (χ3n) is 4.66. The third kappa shape index (κ3) is 5.53. The number of carbonyl (C=O) groups is 3. The molecule has 0 radical (unpaired) electrons. The van der Waals surface area contributed by atoms with Gasteiger partial charge in [0.1, 0.15) is 11.5 Å². The van der Waals surface area contributed by atoms with Gasteiger partial charge in [0.15, 0.2) is 5.78 Å². The Morgan fingerprint density at radius 2 is 1.76 bits per heavy atom. The van der Waals surface area contributed by atoms with Crippen LogP contribution in [0.1, 0.15) is 57.9 Å². The second-order valence-electron chi connectivity index (χ2n) is 7.51. The summed E-state index contributed by atoms with van der Waals surface area (Å²) in [5, 5.41) is 0. The van der Waals surface area contributed by atoms with Gasteiger partial charge in [0.05, 0.1) is 13.7 Å². The van der Waals surface area contributed by atoms with Crippen LogP contribution in [0.5, 0.6) is 0 Å². The second-order valence-corrected chi connectivity index (χ2v) is 7.51. The maximum Gasteiger partial charge on any atom is 0.354 e. The van der Waals surface area contributed by atoms with E-state index < -0.39 is 5.97 Å². The number of hydrogen-bond acceptors (Lipinski definition) is 4. The first-order valence-electron chi connectivity index (χ1n) is 9.46. The van der Waals surface area contributed by atoms with E-state index in [0.29, 0.717) is 23.2 Å². The molecule has 0 saturated heterocycles. The number of hydrogen-bond donors (Lipinski definition) is 1.